The van der Waals surface area contributed by atoms with E-state index in [9.17, 15) is 5.11 Å². The number of ether oxygens (including phenoxy) is 1. The van der Waals surface area contributed by atoms with Gasteiger partial charge in [-0.05, 0) is 49.9 Å². The van der Waals surface area contributed by atoms with Gasteiger partial charge < -0.3 is 14.9 Å². The zero-order valence-corrected chi connectivity index (χ0v) is 15.1. The molecule has 1 aromatic heterocycles. The molecular weight excluding hydrogens is 328 g/mol. The van der Waals surface area contributed by atoms with Gasteiger partial charge in [-0.3, -0.25) is 0 Å². The van der Waals surface area contributed by atoms with E-state index in [0.717, 1.165) is 22.2 Å². The van der Waals surface area contributed by atoms with Gasteiger partial charge in [0, 0.05) is 5.56 Å². The minimum Gasteiger partial charge on any atom is -0.476 e. The normalized spacial score (nSPS) is 12.3. The second kappa shape index (κ2) is 8.25. The van der Waals surface area contributed by atoms with E-state index in [1.54, 1.807) is 0 Å². The quantitative estimate of drug-likeness (QED) is 0.637. The van der Waals surface area contributed by atoms with Crippen LogP contribution in [0.2, 0.25) is 0 Å². The number of hydrogen-bond acceptors (Lipinski definition) is 5. The molecule has 0 amide bonds. The molecule has 2 aromatic carbocycles. The number of aryl methyl sites for hydroxylation is 2. The lowest BCUT2D eigenvalue weighted by Gasteiger charge is -2.13. The molecule has 0 aliphatic rings. The summed E-state index contributed by atoms with van der Waals surface area (Å²) in [5.41, 5.74) is 5.65. The van der Waals surface area contributed by atoms with Gasteiger partial charge >= 0.3 is 0 Å². The summed E-state index contributed by atoms with van der Waals surface area (Å²) < 4.78 is 5.90. The number of hydrogen-bond donors (Lipinski definition) is 2. The smallest absolute Gasteiger partial charge is 0.241 e. The van der Waals surface area contributed by atoms with Gasteiger partial charge in [0.25, 0.3) is 0 Å². The maximum Gasteiger partial charge on any atom is 0.241 e. The van der Waals surface area contributed by atoms with Crippen LogP contribution in [0.25, 0.3) is 22.3 Å². The molecule has 0 radical (unpaired) electrons. The second-order valence-electron chi connectivity index (χ2n) is 6.50. The molecule has 5 heteroatoms. The Morgan fingerprint density at radius 1 is 1.00 bits per heavy atom. The number of rotatable bonds is 7. The topological polar surface area (TPSA) is 75.5 Å². The molecule has 0 saturated heterocycles. The molecule has 1 atom stereocenters. The van der Waals surface area contributed by atoms with Gasteiger partial charge in [0.05, 0.1) is 30.4 Å². The van der Waals surface area contributed by atoms with E-state index in [1.165, 1.54) is 5.56 Å². The van der Waals surface area contributed by atoms with E-state index in [4.69, 9.17) is 19.8 Å². The zero-order chi connectivity index (χ0) is 18.5. The van der Waals surface area contributed by atoms with Crippen molar-refractivity contribution in [2.75, 3.05) is 13.2 Å². The van der Waals surface area contributed by atoms with Crippen LogP contribution < -0.4 is 4.74 Å². The fourth-order valence-electron chi connectivity index (χ4n) is 2.76. The predicted molar refractivity (Wildman–Crippen MR) is 102 cm³/mol. The summed E-state index contributed by atoms with van der Waals surface area (Å²) in [6.07, 6.45) is 0.402. The highest BCUT2D eigenvalue weighted by atomic mass is 16.5. The largest absolute Gasteiger partial charge is 0.476 e. The van der Waals surface area contributed by atoms with Crippen LogP contribution in [-0.2, 0) is 0 Å². The first-order valence-corrected chi connectivity index (χ1v) is 8.84. The standard InChI is InChI=1S/C21H24N2O3/c1-14-11-18-19(12-15(14)2)23-21(26-10-6-9-17(25)13-24)20(22-18)16-7-4-3-5-8-16/h3-5,7-8,11-12,17,24-25H,6,9-10,13H2,1-2H3. The summed E-state index contributed by atoms with van der Waals surface area (Å²) in [5, 5.41) is 18.3. The summed E-state index contributed by atoms with van der Waals surface area (Å²) in [7, 11) is 0. The average Bonchev–Trinajstić information content (AvgIpc) is 2.66. The van der Waals surface area contributed by atoms with E-state index in [2.05, 4.69) is 13.8 Å². The number of fused-ring (bicyclic) bond motifs is 1. The van der Waals surface area contributed by atoms with Crippen LogP contribution in [0.3, 0.4) is 0 Å². The number of aliphatic hydroxyl groups is 2. The Hall–Kier alpha value is -2.50. The molecule has 2 N–H and O–H groups in total. The average molecular weight is 352 g/mol. The molecule has 5 nitrogen and oxygen atoms in total. The molecule has 0 spiro atoms. The maximum atomic E-state index is 9.45. The van der Waals surface area contributed by atoms with Crippen molar-refractivity contribution in [3.05, 3.63) is 53.6 Å². The van der Waals surface area contributed by atoms with Crippen LogP contribution in [0.15, 0.2) is 42.5 Å². The molecule has 1 heterocycles. The minimum absolute atomic E-state index is 0.232. The zero-order valence-electron chi connectivity index (χ0n) is 15.1. The maximum absolute atomic E-state index is 9.45. The number of aromatic nitrogens is 2. The van der Waals surface area contributed by atoms with Crippen LogP contribution in [0.4, 0.5) is 0 Å². The summed E-state index contributed by atoms with van der Waals surface area (Å²) in [6.45, 7) is 4.29. The minimum atomic E-state index is -0.708. The third-order valence-corrected chi connectivity index (χ3v) is 4.43. The van der Waals surface area contributed by atoms with E-state index in [0.29, 0.717) is 31.0 Å². The molecule has 0 aliphatic carbocycles. The highest BCUT2D eigenvalue weighted by Crippen LogP contribution is 2.29. The van der Waals surface area contributed by atoms with Crippen molar-refractivity contribution < 1.29 is 14.9 Å². The monoisotopic (exact) mass is 352 g/mol. The van der Waals surface area contributed by atoms with E-state index in [1.807, 2.05) is 42.5 Å². The van der Waals surface area contributed by atoms with Crippen LogP contribution in [0.1, 0.15) is 24.0 Å². The Morgan fingerprint density at radius 2 is 1.65 bits per heavy atom. The predicted octanol–water partition coefficient (Wildman–Crippen LogP) is 3.43. The van der Waals surface area contributed by atoms with Gasteiger partial charge in [-0.1, -0.05) is 30.3 Å². The van der Waals surface area contributed by atoms with Gasteiger partial charge in [0.1, 0.15) is 5.69 Å². The summed E-state index contributed by atoms with van der Waals surface area (Å²) in [4.78, 5) is 9.49. The van der Waals surface area contributed by atoms with Gasteiger partial charge in [0.15, 0.2) is 0 Å². The van der Waals surface area contributed by atoms with Crippen molar-refractivity contribution in [2.24, 2.45) is 0 Å². The van der Waals surface area contributed by atoms with E-state index in [-0.39, 0.29) is 6.61 Å². The Balaban J connectivity index is 1.94. The third-order valence-electron chi connectivity index (χ3n) is 4.43. The van der Waals surface area contributed by atoms with Crippen LogP contribution in [0.5, 0.6) is 5.88 Å². The number of nitrogens with zero attached hydrogens (tertiary/aromatic N) is 2. The van der Waals surface area contributed by atoms with Crippen molar-refractivity contribution in [1.82, 2.24) is 9.97 Å². The Labute approximate surface area is 153 Å². The molecule has 3 rings (SSSR count). The highest BCUT2D eigenvalue weighted by molar-refractivity contribution is 5.81. The fraction of sp³-hybridized carbons (Fsp3) is 0.333. The van der Waals surface area contributed by atoms with Gasteiger partial charge in [0.2, 0.25) is 5.88 Å². The molecule has 0 saturated carbocycles. The first-order valence-electron chi connectivity index (χ1n) is 8.84. The molecule has 3 aromatic rings. The molecule has 0 aliphatic heterocycles. The lowest BCUT2D eigenvalue weighted by Crippen LogP contribution is -2.13. The summed E-state index contributed by atoms with van der Waals surface area (Å²) in [5.74, 6) is 0.491. The van der Waals surface area contributed by atoms with Crippen molar-refractivity contribution in [2.45, 2.75) is 32.8 Å². The molecule has 1 unspecified atom stereocenters. The first-order chi connectivity index (χ1) is 12.6. The molecule has 0 bridgehead atoms. The lowest BCUT2D eigenvalue weighted by atomic mass is 10.1. The third kappa shape index (κ3) is 4.18. The first kappa shape index (κ1) is 18.3. The Morgan fingerprint density at radius 3 is 2.31 bits per heavy atom. The van der Waals surface area contributed by atoms with Crippen molar-refractivity contribution in [3.63, 3.8) is 0 Å². The molecule has 0 fully saturated rings. The van der Waals surface area contributed by atoms with Crippen molar-refractivity contribution >= 4 is 11.0 Å². The van der Waals surface area contributed by atoms with Crippen LogP contribution in [0, 0.1) is 13.8 Å². The van der Waals surface area contributed by atoms with Gasteiger partial charge in [-0.25, -0.2) is 9.97 Å². The fourth-order valence-corrected chi connectivity index (χ4v) is 2.76. The highest BCUT2D eigenvalue weighted by Gasteiger charge is 2.13. The second-order valence-corrected chi connectivity index (χ2v) is 6.50. The Kier molecular flexibility index (Phi) is 5.81. The summed E-state index contributed by atoms with van der Waals surface area (Å²) >= 11 is 0. The van der Waals surface area contributed by atoms with Crippen LogP contribution >= 0.6 is 0 Å². The van der Waals surface area contributed by atoms with Gasteiger partial charge in [-0.2, -0.15) is 0 Å². The van der Waals surface area contributed by atoms with E-state index >= 15 is 0 Å². The molecular formula is C21H24N2O3. The van der Waals surface area contributed by atoms with Gasteiger partial charge in [-0.15, -0.1) is 0 Å². The molecule has 136 valence electrons. The lowest BCUT2D eigenvalue weighted by molar-refractivity contribution is 0.0826. The van der Waals surface area contributed by atoms with Crippen molar-refractivity contribution in [1.29, 1.82) is 0 Å². The number of benzene rings is 2. The van der Waals surface area contributed by atoms with Crippen LogP contribution in [-0.4, -0.2) is 39.5 Å². The number of aliphatic hydroxyl groups excluding tert-OH is 2. The summed E-state index contributed by atoms with van der Waals surface area (Å²) in [6, 6.07) is 13.9. The Bertz CT molecular complexity index is 881. The molecule has 26 heavy (non-hydrogen) atoms. The van der Waals surface area contributed by atoms with E-state index < -0.39 is 6.10 Å². The van der Waals surface area contributed by atoms with Crippen molar-refractivity contribution in [3.8, 4) is 17.1 Å². The SMILES string of the molecule is Cc1cc2nc(OCCCC(O)CO)c(-c3ccccc3)nc2cc1C.